The Hall–Kier alpha value is -5.88. The number of nitrogens with one attached hydrogen (secondary N) is 2. The topological polar surface area (TPSA) is 114 Å². The van der Waals surface area contributed by atoms with Gasteiger partial charge in [0, 0.05) is 65.9 Å². The number of likely N-dealkylation sites (N-methyl/N-ethyl adjacent to an activating group) is 1. The molecule has 1 heterocycles. The summed E-state index contributed by atoms with van der Waals surface area (Å²) in [4.78, 5) is 39.0. The van der Waals surface area contributed by atoms with Crippen molar-refractivity contribution in [2.24, 2.45) is 22.7 Å². The second-order valence-corrected chi connectivity index (χ2v) is 23.4. The Morgan fingerprint density at radius 2 is 1.66 bits per heavy atom. The number of carbonyl (C=O) groups is 2. The zero-order valence-corrected chi connectivity index (χ0v) is 50.1. The molecule has 5 aromatic rings. The van der Waals surface area contributed by atoms with Gasteiger partial charge in [-0.3, -0.25) is 19.1 Å². The number of carbonyl (C=O) groups excluding carboxylic acids is 2. The van der Waals surface area contributed by atoms with E-state index in [-0.39, 0.29) is 60.7 Å². The fourth-order valence-electron chi connectivity index (χ4n) is 11.4. The first kappa shape index (κ1) is 62.3. The van der Waals surface area contributed by atoms with Gasteiger partial charge in [-0.2, -0.15) is 0 Å². The molecule has 424 valence electrons. The van der Waals surface area contributed by atoms with E-state index in [1.165, 1.54) is 17.2 Å². The largest absolute Gasteiger partial charge is 0.488 e. The maximum absolute atomic E-state index is 15.4. The van der Waals surface area contributed by atoms with Crippen molar-refractivity contribution in [1.29, 1.82) is 5.41 Å². The molecule has 9 nitrogen and oxygen atoms in total. The van der Waals surface area contributed by atoms with Gasteiger partial charge in [-0.15, -0.1) is 17.9 Å². The molecule has 11 heteroatoms. The Kier molecular flexibility index (Phi) is 24.2. The van der Waals surface area contributed by atoms with Crippen LogP contribution in [-0.2, 0) is 33.9 Å². The van der Waals surface area contributed by atoms with Crippen molar-refractivity contribution in [3.05, 3.63) is 148 Å². The molecule has 0 bridgehead atoms. The number of rotatable bonds is 34. The second-order valence-electron chi connectivity index (χ2n) is 22.6. The number of aromatic nitrogens is 1. The van der Waals surface area contributed by atoms with Gasteiger partial charge in [0.1, 0.15) is 24.9 Å². The zero-order valence-electron chi connectivity index (χ0n) is 49.3. The van der Waals surface area contributed by atoms with Crippen LogP contribution < -0.4 is 10.1 Å². The van der Waals surface area contributed by atoms with Crippen LogP contribution in [0.4, 0.5) is 4.39 Å². The number of nitrogens with zero attached hydrogens (tertiary/aromatic N) is 3. The van der Waals surface area contributed by atoms with Gasteiger partial charge in [-0.05, 0) is 134 Å². The third-order valence-corrected chi connectivity index (χ3v) is 17.0. The summed E-state index contributed by atoms with van der Waals surface area (Å²) < 4.78 is 28.8. The molecule has 0 aliphatic heterocycles. The maximum atomic E-state index is 15.4. The van der Waals surface area contributed by atoms with Crippen LogP contribution in [-0.4, -0.2) is 66.1 Å². The number of aliphatic imine (C=N–C) groups is 1. The van der Waals surface area contributed by atoms with Crippen LogP contribution in [0.3, 0.4) is 0 Å². The summed E-state index contributed by atoms with van der Waals surface area (Å²) in [5, 5.41) is 11.6. The number of Topliss-reactive ketones (excluding diaryl/α,β-unsaturated/α-hetero) is 1. The van der Waals surface area contributed by atoms with Crippen LogP contribution in [0.2, 0.25) is 0 Å². The standard InChI is InChI=1S/C68H90FN5O4S/c1-12-17-20-57(15-4)78-44-71-40-52-37-59(54-31-32-54)65(64-49(10)60(69)34-33-56(64)39-70)63(38-52)77-43-51-25-27-53(28-26-51)48(9)42-74(11,36-19-14-3)66(46(6)7)62(75)35-22-47(8)58(21-18-13-2)68(76)72-41-50-23-29-55(30-24-50)67-61(16-5)73-45-79-67/h14,23-30,33-34,37-40,42,45-47,54,57-58,66,70H,3,12-13,15-22,31-32,35-36,41,43-44H2,1-2,4-11H3/p+1/b48-42+,70-39?,71-40?. The summed E-state index contributed by atoms with van der Waals surface area (Å²) in [5.74, 6) is 0.790. The number of ketones is 1. The van der Waals surface area contributed by atoms with Crippen molar-refractivity contribution >= 4 is 41.0 Å². The van der Waals surface area contributed by atoms with Crippen LogP contribution in [0.15, 0.2) is 102 Å². The lowest BCUT2D eigenvalue weighted by Crippen LogP contribution is -2.55. The lowest BCUT2D eigenvalue weighted by atomic mass is 9.83. The number of hydrogen-bond donors (Lipinski definition) is 2. The number of allylic oxidation sites excluding steroid dienone is 1. The molecule has 1 aliphatic rings. The van der Waals surface area contributed by atoms with Gasteiger partial charge >= 0.3 is 0 Å². The van der Waals surface area contributed by atoms with Gasteiger partial charge in [-0.25, -0.2) is 9.37 Å². The summed E-state index contributed by atoms with van der Waals surface area (Å²) in [5.41, 5.74) is 12.9. The highest BCUT2D eigenvalue weighted by molar-refractivity contribution is 7.13. The molecule has 6 rings (SSSR count). The number of quaternary nitrogens is 1. The summed E-state index contributed by atoms with van der Waals surface area (Å²) >= 11 is 1.66. The fraction of sp³-hybridized carbons (Fsp3) is 0.485. The molecule has 1 aliphatic carbocycles. The van der Waals surface area contributed by atoms with Crippen molar-refractivity contribution in [2.45, 2.75) is 177 Å². The van der Waals surface area contributed by atoms with E-state index in [9.17, 15) is 9.59 Å². The van der Waals surface area contributed by atoms with E-state index in [1.807, 2.05) is 23.9 Å². The molecule has 2 N–H and O–H groups in total. The highest BCUT2D eigenvalue weighted by atomic mass is 32.1. The van der Waals surface area contributed by atoms with Crippen molar-refractivity contribution in [2.75, 3.05) is 20.3 Å². The van der Waals surface area contributed by atoms with Crippen LogP contribution in [0.25, 0.3) is 27.1 Å². The number of thiazole rings is 1. The number of aryl methyl sites for hydroxylation is 1. The van der Waals surface area contributed by atoms with Crippen LogP contribution in [0.5, 0.6) is 5.75 Å². The highest BCUT2D eigenvalue weighted by Crippen LogP contribution is 2.50. The molecule has 1 amide bonds. The summed E-state index contributed by atoms with van der Waals surface area (Å²) in [6.07, 6.45) is 19.2. The first-order chi connectivity index (χ1) is 38.1. The molecular formula is C68H91FN5O4S+. The average molecular weight is 1090 g/mol. The SMILES string of the molecule is C=CCC[N+](C)(/C=C(\C)c1ccc(COc2cc(C=NCOC(CC)CCCC)cc(C3CC3)c2-c2c(C=N)ccc(F)c2C)cc1)C(C(=O)CCC(C)C(CCCC)C(=O)NCc1ccc(-c2scnc2CC)cc1)C(C)C. The second kappa shape index (κ2) is 30.6. The molecule has 1 fully saturated rings. The van der Waals surface area contributed by atoms with E-state index < -0.39 is 0 Å². The molecule has 5 atom stereocenters. The van der Waals surface area contributed by atoms with Gasteiger partial charge in [0.15, 0.2) is 11.8 Å². The molecule has 5 unspecified atom stereocenters. The van der Waals surface area contributed by atoms with Gasteiger partial charge < -0.3 is 20.2 Å². The normalized spacial score (nSPS) is 15.2. The van der Waals surface area contributed by atoms with E-state index in [2.05, 4.69) is 140 Å². The Bertz CT molecular complexity index is 2850. The zero-order chi connectivity index (χ0) is 57.1. The van der Waals surface area contributed by atoms with E-state index in [1.54, 1.807) is 24.3 Å². The number of hydrogen-bond acceptors (Lipinski definition) is 8. The van der Waals surface area contributed by atoms with E-state index in [4.69, 9.17) is 19.9 Å². The smallest absolute Gasteiger partial charge is 0.223 e. The molecule has 0 spiro atoms. The van der Waals surface area contributed by atoms with E-state index in [0.29, 0.717) is 58.8 Å². The Labute approximate surface area is 477 Å². The van der Waals surface area contributed by atoms with Gasteiger partial charge in [0.2, 0.25) is 5.91 Å². The van der Waals surface area contributed by atoms with Crippen molar-refractivity contribution < 1.29 is 27.9 Å². The molecular weight excluding hydrogens is 1000 g/mol. The van der Waals surface area contributed by atoms with Crippen molar-refractivity contribution in [1.82, 2.24) is 10.3 Å². The summed E-state index contributed by atoms with van der Waals surface area (Å²) in [6.45, 7) is 24.7. The first-order valence-corrected chi connectivity index (χ1v) is 30.3. The fourth-order valence-corrected chi connectivity index (χ4v) is 12.3. The summed E-state index contributed by atoms with van der Waals surface area (Å²) in [6, 6.07) is 23.8. The third kappa shape index (κ3) is 17.1. The molecule has 79 heavy (non-hydrogen) atoms. The molecule has 1 aromatic heterocycles. The van der Waals surface area contributed by atoms with Crippen molar-refractivity contribution in [3.63, 3.8) is 0 Å². The van der Waals surface area contributed by atoms with E-state index >= 15 is 4.39 Å². The van der Waals surface area contributed by atoms with Gasteiger partial charge in [-0.1, -0.05) is 129 Å². The number of amides is 1. The molecule has 1 saturated carbocycles. The number of ether oxygens (including phenoxy) is 2. The Balaban J connectivity index is 1.17. The minimum Gasteiger partial charge on any atom is -0.488 e. The van der Waals surface area contributed by atoms with Gasteiger partial charge in [0.05, 0.1) is 42.0 Å². The van der Waals surface area contributed by atoms with Crippen LogP contribution in [0, 0.1) is 35.9 Å². The van der Waals surface area contributed by atoms with Crippen LogP contribution >= 0.6 is 11.3 Å². The maximum Gasteiger partial charge on any atom is 0.223 e. The number of halogens is 1. The number of benzene rings is 4. The first-order valence-electron chi connectivity index (χ1n) is 29.4. The highest BCUT2D eigenvalue weighted by Gasteiger charge is 2.40. The Morgan fingerprint density at radius 3 is 2.30 bits per heavy atom. The lowest BCUT2D eigenvalue weighted by Gasteiger charge is -2.40. The summed E-state index contributed by atoms with van der Waals surface area (Å²) in [7, 11) is 2.17. The number of unbranched alkanes of at least 4 members (excludes halogenated alkanes) is 2. The Morgan fingerprint density at radius 1 is 0.949 bits per heavy atom. The van der Waals surface area contributed by atoms with Gasteiger partial charge in [0.25, 0.3) is 0 Å². The predicted molar refractivity (Wildman–Crippen MR) is 328 cm³/mol. The monoisotopic (exact) mass is 1090 g/mol. The molecule has 0 radical (unpaired) electrons. The molecule has 4 aromatic carbocycles. The third-order valence-electron chi connectivity index (χ3n) is 16.1. The van der Waals surface area contributed by atoms with Crippen LogP contribution in [0.1, 0.15) is 183 Å². The quantitative estimate of drug-likeness (QED) is 0.0242. The van der Waals surface area contributed by atoms with Crippen molar-refractivity contribution in [3.8, 4) is 27.3 Å². The molecule has 0 saturated heterocycles. The lowest BCUT2D eigenvalue weighted by molar-refractivity contribution is -0.878. The minimum absolute atomic E-state index is 0.0317. The minimum atomic E-state index is -0.318. The average Bonchev–Trinajstić information content (AvgIpc) is 4.32. The van der Waals surface area contributed by atoms with E-state index in [0.717, 1.165) is 121 Å². The predicted octanol–water partition coefficient (Wildman–Crippen LogP) is 16.8.